The van der Waals surface area contributed by atoms with Gasteiger partial charge in [0.1, 0.15) is 17.1 Å². The van der Waals surface area contributed by atoms with E-state index in [1.165, 1.54) is 25.9 Å². The number of hydrogen-bond acceptors (Lipinski definition) is 5. The fourth-order valence-corrected chi connectivity index (χ4v) is 5.79. The molecule has 0 radical (unpaired) electrons. The molecule has 7 heteroatoms. The van der Waals surface area contributed by atoms with Crippen molar-refractivity contribution in [1.82, 2.24) is 14.7 Å². The minimum Gasteiger partial charge on any atom is -0.495 e. The van der Waals surface area contributed by atoms with Crippen LogP contribution in [-0.2, 0) is 6.54 Å². The highest BCUT2D eigenvalue weighted by atomic mass is 16.5. The van der Waals surface area contributed by atoms with Gasteiger partial charge in [-0.3, -0.25) is 9.48 Å². The lowest BCUT2D eigenvalue weighted by Gasteiger charge is -2.34. The number of nitrogens with one attached hydrogen (secondary N) is 1. The molecule has 5 rings (SSSR count). The second-order valence-corrected chi connectivity index (χ2v) is 10.8. The summed E-state index contributed by atoms with van der Waals surface area (Å²) in [5, 5.41) is 9.03. The van der Waals surface area contributed by atoms with Crippen molar-refractivity contribution in [2.24, 2.45) is 5.92 Å². The summed E-state index contributed by atoms with van der Waals surface area (Å²) >= 11 is 0. The fraction of sp³-hybridized carbons (Fsp3) is 0.484. The molecule has 1 amide bonds. The molecule has 7 nitrogen and oxygen atoms in total. The van der Waals surface area contributed by atoms with Crippen molar-refractivity contribution in [3.8, 4) is 11.5 Å². The summed E-state index contributed by atoms with van der Waals surface area (Å²) in [5.74, 6) is 1.80. The van der Waals surface area contributed by atoms with Gasteiger partial charge >= 0.3 is 0 Å². The summed E-state index contributed by atoms with van der Waals surface area (Å²) < 4.78 is 14.2. The number of piperidine rings is 1. The highest BCUT2D eigenvalue weighted by molar-refractivity contribution is 6.08. The van der Waals surface area contributed by atoms with Gasteiger partial charge in [-0.2, -0.15) is 5.10 Å². The zero-order chi connectivity index (χ0) is 26.9. The number of benzene rings is 2. The SMILES string of the molecule is CCC1(CC)C=Cc2c(ccc(C(=O)Nc3ccc4c(C)nn(CCC5CCN(C)CC5)c4c3)c2OC)O1. The van der Waals surface area contributed by atoms with E-state index >= 15 is 0 Å². The van der Waals surface area contributed by atoms with E-state index in [9.17, 15) is 4.79 Å². The molecule has 0 spiro atoms. The standard InChI is InChI=1S/C31H40N4O3/c1-6-31(7-2)16-12-25-28(38-31)11-10-26(29(25)37-5)30(36)32-23-8-9-24-21(3)33-35(27(24)20-23)19-15-22-13-17-34(4)18-14-22/h8-12,16,20,22H,6-7,13-15,17-19H2,1-5H3,(H,32,36). The number of carbonyl (C=O) groups is 1. The van der Waals surface area contributed by atoms with Crippen LogP contribution in [0, 0.1) is 12.8 Å². The van der Waals surface area contributed by atoms with Crippen molar-refractivity contribution in [1.29, 1.82) is 0 Å². The zero-order valence-electron chi connectivity index (χ0n) is 23.3. The van der Waals surface area contributed by atoms with E-state index in [1.54, 1.807) is 13.2 Å². The molecular formula is C31H40N4O3. The van der Waals surface area contributed by atoms with Crippen molar-refractivity contribution in [3.63, 3.8) is 0 Å². The minimum absolute atomic E-state index is 0.214. The van der Waals surface area contributed by atoms with Crippen molar-refractivity contribution < 1.29 is 14.3 Å². The van der Waals surface area contributed by atoms with E-state index in [1.807, 2.05) is 31.2 Å². The number of rotatable bonds is 8. The van der Waals surface area contributed by atoms with E-state index in [0.717, 1.165) is 65.3 Å². The third-order valence-electron chi connectivity index (χ3n) is 8.45. The van der Waals surface area contributed by atoms with Gasteiger partial charge < -0.3 is 19.7 Å². The molecule has 38 heavy (non-hydrogen) atoms. The van der Waals surface area contributed by atoms with Crippen LogP contribution in [-0.4, -0.2) is 53.4 Å². The third-order valence-corrected chi connectivity index (χ3v) is 8.45. The number of anilines is 1. The predicted molar refractivity (Wildman–Crippen MR) is 153 cm³/mol. The lowest BCUT2D eigenvalue weighted by atomic mass is 9.92. The molecule has 2 aromatic carbocycles. The van der Waals surface area contributed by atoms with Crippen molar-refractivity contribution in [2.45, 2.75) is 65.0 Å². The lowest BCUT2D eigenvalue weighted by molar-refractivity contribution is 0.102. The molecule has 1 saturated heterocycles. The average Bonchev–Trinajstić information content (AvgIpc) is 3.26. The molecular weight excluding hydrogens is 476 g/mol. The molecule has 202 valence electrons. The van der Waals surface area contributed by atoms with E-state index in [0.29, 0.717) is 11.3 Å². The molecule has 3 heterocycles. The van der Waals surface area contributed by atoms with Crippen LogP contribution in [0.3, 0.4) is 0 Å². The van der Waals surface area contributed by atoms with Gasteiger partial charge in [-0.15, -0.1) is 0 Å². The van der Waals surface area contributed by atoms with Gasteiger partial charge in [0.2, 0.25) is 0 Å². The summed E-state index contributed by atoms with van der Waals surface area (Å²) in [5.41, 5.74) is 3.77. The number of methoxy groups -OCH3 is 1. The lowest BCUT2D eigenvalue weighted by Crippen LogP contribution is -2.34. The highest BCUT2D eigenvalue weighted by Crippen LogP contribution is 2.41. The van der Waals surface area contributed by atoms with E-state index < -0.39 is 0 Å². The third kappa shape index (κ3) is 5.04. The van der Waals surface area contributed by atoms with E-state index in [2.05, 4.69) is 47.9 Å². The van der Waals surface area contributed by atoms with Crippen LogP contribution in [0.4, 0.5) is 5.69 Å². The molecule has 0 atom stereocenters. The summed E-state index contributed by atoms with van der Waals surface area (Å²) in [6.45, 7) is 9.52. The van der Waals surface area contributed by atoms with Crippen molar-refractivity contribution in [3.05, 3.63) is 53.2 Å². The fourth-order valence-electron chi connectivity index (χ4n) is 5.79. The second kappa shape index (κ2) is 10.8. The molecule has 0 bridgehead atoms. The predicted octanol–water partition coefficient (Wildman–Crippen LogP) is 6.30. The first-order valence-electron chi connectivity index (χ1n) is 13.9. The van der Waals surface area contributed by atoms with Crippen LogP contribution in [0.25, 0.3) is 17.0 Å². The Hall–Kier alpha value is -3.32. The number of hydrogen-bond donors (Lipinski definition) is 1. The molecule has 3 aromatic rings. The maximum Gasteiger partial charge on any atom is 0.259 e. The Morgan fingerprint density at radius 2 is 1.95 bits per heavy atom. The maximum atomic E-state index is 13.4. The minimum atomic E-state index is -0.314. The van der Waals surface area contributed by atoms with Gasteiger partial charge in [0.05, 0.1) is 29.4 Å². The maximum absolute atomic E-state index is 13.4. The Morgan fingerprint density at radius 1 is 1.18 bits per heavy atom. The number of ether oxygens (including phenoxy) is 2. The topological polar surface area (TPSA) is 68.6 Å². The Balaban J connectivity index is 1.36. The number of fused-ring (bicyclic) bond motifs is 2. The molecule has 2 aliphatic heterocycles. The van der Waals surface area contributed by atoms with Crippen LogP contribution >= 0.6 is 0 Å². The number of amides is 1. The van der Waals surface area contributed by atoms with E-state index in [-0.39, 0.29) is 11.5 Å². The van der Waals surface area contributed by atoms with Crippen molar-refractivity contribution >= 4 is 28.6 Å². The number of nitrogens with zero attached hydrogens (tertiary/aromatic N) is 3. The Bertz CT molecular complexity index is 1350. The molecule has 1 aromatic heterocycles. The zero-order valence-corrected chi connectivity index (χ0v) is 23.3. The molecule has 0 aliphatic carbocycles. The normalized spacial score (nSPS) is 17.3. The monoisotopic (exact) mass is 516 g/mol. The molecule has 1 N–H and O–H groups in total. The number of likely N-dealkylation sites (tertiary alicyclic amines) is 1. The van der Waals surface area contributed by atoms with Gasteiger partial charge in [-0.25, -0.2) is 0 Å². The van der Waals surface area contributed by atoms with Gasteiger partial charge in [0.15, 0.2) is 0 Å². The summed E-state index contributed by atoms with van der Waals surface area (Å²) in [4.78, 5) is 15.8. The van der Waals surface area contributed by atoms with Crippen LogP contribution in [0.1, 0.15) is 67.6 Å². The second-order valence-electron chi connectivity index (χ2n) is 10.8. The quantitative estimate of drug-likeness (QED) is 0.380. The number of carbonyl (C=O) groups excluding carboxylic acids is 1. The smallest absolute Gasteiger partial charge is 0.259 e. The van der Waals surface area contributed by atoms with E-state index in [4.69, 9.17) is 14.6 Å². The van der Waals surface area contributed by atoms with Crippen molar-refractivity contribution in [2.75, 3.05) is 32.6 Å². The van der Waals surface area contributed by atoms with Gasteiger partial charge in [0, 0.05) is 17.6 Å². The first kappa shape index (κ1) is 26.3. The first-order chi connectivity index (χ1) is 18.4. The summed E-state index contributed by atoms with van der Waals surface area (Å²) in [6, 6.07) is 9.69. The van der Waals surface area contributed by atoms with Crippen LogP contribution < -0.4 is 14.8 Å². The molecule has 0 unspecified atom stereocenters. The number of aryl methyl sites for hydroxylation is 2. The molecule has 2 aliphatic rings. The largest absolute Gasteiger partial charge is 0.495 e. The van der Waals surface area contributed by atoms with Gasteiger partial charge in [-0.1, -0.05) is 13.8 Å². The first-order valence-corrected chi connectivity index (χ1v) is 13.9. The average molecular weight is 517 g/mol. The molecule has 0 saturated carbocycles. The Kier molecular flexibility index (Phi) is 7.48. The van der Waals surface area contributed by atoms with Crippen LogP contribution in [0.15, 0.2) is 36.4 Å². The van der Waals surface area contributed by atoms with Gasteiger partial charge in [0.25, 0.3) is 5.91 Å². The summed E-state index contributed by atoms with van der Waals surface area (Å²) in [7, 11) is 3.79. The highest BCUT2D eigenvalue weighted by Gasteiger charge is 2.31. The van der Waals surface area contributed by atoms with Gasteiger partial charge in [-0.05, 0) is 108 Å². The Morgan fingerprint density at radius 3 is 2.66 bits per heavy atom. The number of aromatic nitrogens is 2. The molecule has 1 fully saturated rings. The summed E-state index contributed by atoms with van der Waals surface area (Å²) in [6.07, 6.45) is 9.48. The Labute approximate surface area is 225 Å². The van der Waals surface area contributed by atoms with Crippen LogP contribution in [0.2, 0.25) is 0 Å². The van der Waals surface area contributed by atoms with Crippen LogP contribution in [0.5, 0.6) is 11.5 Å².